The second kappa shape index (κ2) is 8.30. The van der Waals surface area contributed by atoms with Crippen LogP contribution in [0.3, 0.4) is 0 Å². The van der Waals surface area contributed by atoms with Crippen LogP contribution in [0.4, 0.5) is 34.4 Å². The molecular weight excluding hydrogens is 372 g/mol. The van der Waals surface area contributed by atoms with Gasteiger partial charge in [-0.25, -0.2) is 9.97 Å². The Morgan fingerprint density at radius 3 is 2.38 bits per heavy atom. The van der Waals surface area contributed by atoms with Crippen LogP contribution in [0, 0.1) is 10.1 Å². The second-order valence-corrected chi connectivity index (χ2v) is 6.49. The number of fused-ring (bicyclic) bond motifs is 1. The van der Waals surface area contributed by atoms with E-state index in [-0.39, 0.29) is 29.1 Å². The molecule has 0 aliphatic heterocycles. The lowest BCUT2D eigenvalue weighted by molar-refractivity contribution is -0.383. The summed E-state index contributed by atoms with van der Waals surface area (Å²) in [6, 6.07) is 11.2. The number of anilines is 5. The van der Waals surface area contributed by atoms with Crippen LogP contribution in [0.1, 0.15) is 23.6 Å². The Balaban J connectivity index is 0.000000224. The molecule has 0 radical (unpaired) electrons. The van der Waals surface area contributed by atoms with Crippen LogP contribution in [-0.2, 0) is 6.42 Å². The molecule has 29 heavy (non-hydrogen) atoms. The molecule has 2 aromatic heterocycles. The summed E-state index contributed by atoms with van der Waals surface area (Å²) in [5, 5.41) is 14.3. The van der Waals surface area contributed by atoms with Crippen molar-refractivity contribution in [3.8, 4) is 0 Å². The largest absolute Gasteiger partial charge is 0.397 e. The molecule has 1 aromatic carbocycles. The standard InChI is InChI=1S/C14H14N4O2.C5H8N4/c15-11-7-8-16-14(13(11)18(19)20)17-12-6-5-9-3-1-2-4-10(9)12;6-3-1-2-9-5(8)4(3)7/h1-4,7-8,12H,5-6H2,(H3,15,16,17);1-2H,7H2,(H4,6,8,9)/t12-;/m0./s1. The molecule has 0 saturated heterocycles. The number of pyridine rings is 2. The van der Waals surface area contributed by atoms with Crippen molar-refractivity contribution in [1.29, 1.82) is 0 Å². The monoisotopic (exact) mass is 394 g/mol. The van der Waals surface area contributed by atoms with E-state index in [9.17, 15) is 10.1 Å². The number of benzene rings is 1. The highest BCUT2D eigenvalue weighted by Crippen LogP contribution is 2.36. The van der Waals surface area contributed by atoms with Crippen molar-refractivity contribution in [2.24, 2.45) is 0 Å². The minimum Gasteiger partial charge on any atom is -0.397 e. The summed E-state index contributed by atoms with van der Waals surface area (Å²) >= 11 is 0. The summed E-state index contributed by atoms with van der Waals surface area (Å²) in [6.07, 6.45) is 4.85. The molecule has 150 valence electrons. The highest BCUT2D eigenvalue weighted by atomic mass is 16.6. The highest BCUT2D eigenvalue weighted by Gasteiger charge is 2.26. The summed E-state index contributed by atoms with van der Waals surface area (Å²) < 4.78 is 0. The van der Waals surface area contributed by atoms with Crippen molar-refractivity contribution in [2.75, 3.05) is 28.3 Å². The van der Waals surface area contributed by atoms with Gasteiger partial charge in [-0.3, -0.25) is 10.1 Å². The van der Waals surface area contributed by atoms with Gasteiger partial charge in [0.1, 0.15) is 11.5 Å². The molecule has 0 saturated carbocycles. The SMILES string of the molecule is Nc1ccnc(N)c1N.Nc1ccnc(N[C@H]2CCc3ccccc32)c1[N+](=O)[O-]. The van der Waals surface area contributed by atoms with E-state index in [1.807, 2.05) is 18.2 Å². The number of nitrogens with two attached hydrogens (primary N) is 4. The van der Waals surface area contributed by atoms with E-state index in [0.717, 1.165) is 12.8 Å². The van der Waals surface area contributed by atoms with Gasteiger partial charge >= 0.3 is 5.69 Å². The lowest BCUT2D eigenvalue weighted by atomic mass is 10.1. The number of rotatable bonds is 3. The van der Waals surface area contributed by atoms with E-state index >= 15 is 0 Å². The molecule has 0 spiro atoms. The molecule has 1 aliphatic carbocycles. The van der Waals surface area contributed by atoms with Crippen LogP contribution in [0.25, 0.3) is 0 Å². The Labute approximate surface area is 167 Å². The molecule has 10 nitrogen and oxygen atoms in total. The fraction of sp³-hybridized carbons (Fsp3) is 0.158. The maximum Gasteiger partial charge on any atom is 0.334 e. The third-order valence-corrected chi connectivity index (χ3v) is 4.64. The zero-order valence-corrected chi connectivity index (χ0v) is 15.6. The van der Waals surface area contributed by atoms with Crippen LogP contribution in [0.15, 0.2) is 48.8 Å². The molecule has 3 aromatic rings. The molecule has 10 heteroatoms. The molecule has 9 N–H and O–H groups in total. The van der Waals surface area contributed by atoms with Crippen molar-refractivity contribution >= 4 is 34.4 Å². The molecule has 0 unspecified atom stereocenters. The molecule has 0 amide bonds. The van der Waals surface area contributed by atoms with Crippen LogP contribution in [0.2, 0.25) is 0 Å². The van der Waals surface area contributed by atoms with Crippen molar-refractivity contribution in [3.05, 3.63) is 70.0 Å². The summed E-state index contributed by atoms with van der Waals surface area (Å²) in [7, 11) is 0. The van der Waals surface area contributed by atoms with E-state index < -0.39 is 4.92 Å². The van der Waals surface area contributed by atoms with Crippen LogP contribution >= 0.6 is 0 Å². The molecular formula is C19H22N8O2. The summed E-state index contributed by atoms with van der Waals surface area (Å²) in [5.74, 6) is 0.520. The third kappa shape index (κ3) is 4.26. The van der Waals surface area contributed by atoms with Crippen molar-refractivity contribution in [1.82, 2.24) is 9.97 Å². The number of nitro groups is 1. The molecule has 1 atom stereocenters. The number of hydrogen-bond acceptors (Lipinski definition) is 9. The Morgan fingerprint density at radius 2 is 1.69 bits per heavy atom. The predicted octanol–water partition coefficient (Wildman–Crippen LogP) is 2.50. The number of aromatic nitrogens is 2. The van der Waals surface area contributed by atoms with Crippen LogP contribution in [-0.4, -0.2) is 14.9 Å². The molecule has 1 aliphatic rings. The number of nitrogens with one attached hydrogen (secondary N) is 1. The minimum absolute atomic E-state index is 0.0409. The molecule has 0 fully saturated rings. The quantitative estimate of drug-likeness (QED) is 0.328. The predicted molar refractivity (Wildman–Crippen MR) is 114 cm³/mol. The summed E-state index contributed by atoms with van der Waals surface area (Å²) in [5.41, 5.74) is 25.0. The first-order valence-corrected chi connectivity index (χ1v) is 8.87. The molecule has 0 bridgehead atoms. The van der Waals surface area contributed by atoms with Gasteiger partial charge < -0.3 is 28.3 Å². The lowest BCUT2D eigenvalue weighted by Gasteiger charge is -2.15. The number of hydrogen-bond donors (Lipinski definition) is 5. The van der Waals surface area contributed by atoms with E-state index in [0.29, 0.717) is 11.4 Å². The maximum absolute atomic E-state index is 11.1. The third-order valence-electron chi connectivity index (χ3n) is 4.64. The fourth-order valence-corrected chi connectivity index (χ4v) is 3.14. The van der Waals surface area contributed by atoms with E-state index in [1.54, 1.807) is 6.07 Å². The van der Waals surface area contributed by atoms with Crippen LogP contribution in [0.5, 0.6) is 0 Å². The van der Waals surface area contributed by atoms with Gasteiger partial charge in [-0.2, -0.15) is 0 Å². The minimum atomic E-state index is -0.495. The van der Waals surface area contributed by atoms with E-state index in [1.165, 1.54) is 29.6 Å². The van der Waals surface area contributed by atoms with Gasteiger partial charge in [0.05, 0.1) is 22.3 Å². The smallest absolute Gasteiger partial charge is 0.334 e. The molecule has 4 rings (SSSR count). The Hall–Kier alpha value is -4.08. The average molecular weight is 394 g/mol. The summed E-state index contributed by atoms with van der Waals surface area (Å²) in [6.45, 7) is 0. The Kier molecular flexibility index (Phi) is 5.63. The van der Waals surface area contributed by atoms with Crippen LogP contribution < -0.4 is 28.3 Å². The maximum atomic E-state index is 11.1. The second-order valence-electron chi connectivity index (χ2n) is 6.49. The van der Waals surface area contributed by atoms with Crippen molar-refractivity contribution in [2.45, 2.75) is 18.9 Å². The number of nitrogens with zero attached hydrogens (tertiary/aromatic N) is 3. The normalized spacial score (nSPS) is 14.4. The van der Waals surface area contributed by atoms with Crippen molar-refractivity contribution in [3.63, 3.8) is 0 Å². The van der Waals surface area contributed by atoms with E-state index in [2.05, 4.69) is 21.4 Å². The zero-order valence-electron chi connectivity index (χ0n) is 15.6. The van der Waals surface area contributed by atoms with Gasteiger partial charge in [-0.15, -0.1) is 0 Å². The van der Waals surface area contributed by atoms with Gasteiger partial charge in [0.2, 0.25) is 5.82 Å². The lowest BCUT2D eigenvalue weighted by Crippen LogP contribution is -2.11. The first kappa shape index (κ1) is 19.7. The van der Waals surface area contributed by atoms with Gasteiger partial charge in [-0.1, -0.05) is 24.3 Å². The number of nitrogen functional groups attached to an aromatic ring is 4. The first-order valence-electron chi connectivity index (χ1n) is 8.87. The van der Waals surface area contributed by atoms with Crippen molar-refractivity contribution < 1.29 is 4.92 Å². The zero-order chi connectivity index (χ0) is 21.0. The summed E-state index contributed by atoms with van der Waals surface area (Å²) in [4.78, 5) is 18.4. The van der Waals surface area contributed by atoms with Gasteiger partial charge in [0.15, 0.2) is 0 Å². The number of aryl methyl sites for hydroxylation is 1. The fourth-order valence-electron chi connectivity index (χ4n) is 3.14. The Bertz CT molecular complexity index is 1020. The van der Waals surface area contributed by atoms with Gasteiger partial charge in [0, 0.05) is 12.4 Å². The van der Waals surface area contributed by atoms with Gasteiger partial charge in [0.25, 0.3) is 0 Å². The Morgan fingerprint density at radius 1 is 1.00 bits per heavy atom. The average Bonchev–Trinajstić information content (AvgIpc) is 3.09. The topological polar surface area (TPSA) is 185 Å². The molecule has 2 heterocycles. The highest BCUT2D eigenvalue weighted by molar-refractivity contribution is 5.73. The first-order chi connectivity index (χ1) is 13.9. The van der Waals surface area contributed by atoms with Gasteiger partial charge in [-0.05, 0) is 36.1 Å². The van der Waals surface area contributed by atoms with E-state index in [4.69, 9.17) is 22.9 Å².